The van der Waals surface area contributed by atoms with Gasteiger partial charge in [0.1, 0.15) is 24.2 Å². The molecule has 5 aromatic rings. The molecule has 41 heavy (non-hydrogen) atoms. The number of imidazole rings is 1. The highest BCUT2D eigenvalue weighted by Crippen LogP contribution is 2.36. The van der Waals surface area contributed by atoms with E-state index < -0.39 is 6.04 Å². The monoisotopic (exact) mass is 544 g/mol. The summed E-state index contributed by atoms with van der Waals surface area (Å²) in [5.41, 5.74) is 5.37. The van der Waals surface area contributed by atoms with Gasteiger partial charge in [-0.25, -0.2) is 4.98 Å². The summed E-state index contributed by atoms with van der Waals surface area (Å²) in [7, 11) is 0. The van der Waals surface area contributed by atoms with Crippen LogP contribution in [-0.4, -0.2) is 39.3 Å². The molecule has 1 atom stereocenters. The number of likely N-dealkylation sites (tertiary alicyclic amines) is 1. The maximum absolute atomic E-state index is 13.5. The first kappa shape index (κ1) is 26.3. The number of amides is 2. The molecule has 4 aromatic carbocycles. The Labute approximate surface area is 239 Å². The van der Waals surface area contributed by atoms with E-state index in [2.05, 4.69) is 15.3 Å². The van der Waals surface area contributed by atoms with Crippen molar-refractivity contribution in [3.63, 3.8) is 0 Å². The van der Waals surface area contributed by atoms with Crippen LogP contribution in [0.15, 0.2) is 103 Å². The molecule has 0 unspecified atom stereocenters. The number of H-pyrrole nitrogens is 1. The van der Waals surface area contributed by atoms with Gasteiger partial charge >= 0.3 is 0 Å². The van der Waals surface area contributed by atoms with Gasteiger partial charge in [-0.15, -0.1) is 0 Å². The highest BCUT2D eigenvalue weighted by molar-refractivity contribution is 6.00. The van der Waals surface area contributed by atoms with Crippen LogP contribution < -0.4 is 10.1 Å². The van der Waals surface area contributed by atoms with Crippen LogP contribution in [0, 0.1) is 0 Å². The van der Waals surface area contributed by atoms with Crippen LogP contribution in [0.1, 0.15) is 30.7 Å². The zero-order valence-electron chi connectivity index (χ0n) is 22.8. The molecule has 6 rings (SSSR count). The number of nitrogens with zero attached hydrogens (tertiary/aromatic N) is 2. The van der Waals surface area contributed by atoms with Crippen LogP contribution in [0.5, 0.6) is 5.75 Å². The maximum atomic E-state index is 13.5. The van der Waals surface area contributed by atoms with Crippen molar-refractivity contribution in [3.05, 3.63) is 115 Å². The van der Waals surface area contributed by atoms with Gasteiger partial charge in [-0.3, -0.25) is 9.59 Å². The van der Waals surface area contributed by atoms with Gasteiger partial charge in [0.05, 0.1) is 11.0 Å². The Hall–Kier alpha value is -4.91. The highest BCUT2D eigenvalue weighted by Gasteiger charge is 2.34. The molecule has 0 spiro atoms. The second-order valence-electron chi connectivity index (χ2n) is 10.3. The lowest BCUT2D eigenvalue weighted by atomic mass is 10.0. The molecule has 1 aliphatic rings. The second kappa shape index (κ2) is 12.1. The number of hydrogen-bond acceptors (Lipinski definition) is 4. The van der Waals surface area contributed by atoms with Crippen LogP contribution in [-0.2, 0) is 22.6 Å². The second-order valence-corrected chi connectivity index (χ2v) is 10.3. The van der Waals surface area contributed by atoms with Crippen LogP contribution in [0.4, 0.5) is 5.69 Å². The average molecular weight is 545 g/mol. The van der Waals surface area contributed by atoms with E-state index in [1.165, 1.54) is 0 Å². The summed E-state index contributed by atoms with van der Waals surface area (Å²) < 4.78 is 6.20. The fraction of sp³-hybridized carbons (Fsp3) is 0.206. The number of aryl methyl sites for hydroxylation is 1. The number of benzene rings is 4. The van der Waals surface area contributed by atoms with E-state index in [1.807, 2.05) is 103 Å². The number of para-hydroxylation sites is 4. The predicted octanol–water partition coefficient (Wildman–Crippen LogP) is 6.37. The minimum Gasteiger partial charge on any atom is -0.488 e. The molecule has 7 nitrogen and oxygen atoms in total. The van der Waals surface area contributed by atoms with Crippen molar-refractivity contribution in [2.24, 2.45) is 0 Å². The Bertz CT molecular complexity index is 1630. The van der Waals surface area contributed by atoms with Gasteiger partial charge in [0.15, 0.2) is 0 Å². The molecule has 2 heterocycles. The Morgan fingerprint density at radius 3 is 2.46 bits per heavy atom. The summed E-state index contributed by atoms with van der Waals surface area (Å²) in [4.78, 5) is 36.3. The molecular formula is C34H32N4O3. The lowest BCUT2D eigenvalue weighted by Crippen LogP contribution is -2.43. The van der Waals surface area contributed by atoms with E-state index in [4.69, 9.17) is 4.74 Å². The fourth-order valence-corrected chi connectivity index (χ4v) is 5.42. The van der Waals surface area contributed by atoms with E-state index in [-0.39, 0.29) is 11.8 Å². The standard InChI is InChI=1S/C34H32N4O3/c39-33(21-20-32-35-28-16-7-8-17-29(28)36-32)38-22-10-18-30(38)34(40)37-27-15-6-4-13-25(27)26-14-5-9-19-31(26)41-23-24-11-2-1-3-12-24/h1-9,11-17,19,30H,10,18,20-23H2,(H,35,36)(H,37,40)/t30-/m0/s1. The Kier molecular flexibility index (Phi) is 7.76. The molecule has 0 radical (unpaired) electrons. The van der Waals surface area contributed by atoms with Gasteiger partial charge in [-0.05, 0) is 42.7 Å². The molecule has 206 valence electrons. The molecule has 1 aromatic heterocycles. The van der Waals surface area contributed by atoms with Gasteiger partial charge < -0.3 is 19.9 Å². The highest BCUT2D eigenvalue weighted by atomic mass is 16.5. The van der Waals surface area contributed by atoms with E-state index in [1.54, 1.807) is 4.90 Å². The molecule has 0 bridgehead atoms. The summed E-state index contributed by atoms with van der Waals surface area (Å²) in [5, 5.41) is 3.12. The molecule has 7 heteroatoms. The summed E-state index contributed by atoms with van der Waals surface area (Å²) in [6.45, 7) is 1.02. The van der Waals surface area contributed by atoms with Crippen molar-refractivity contribution >= 4 is 28.5 Å². The first-order valence-corrected chi connectivity index (χ1v) is 14.0. The third kappa shape index (κ3) is 5.99. The molecule has 2 amide bonds. The molecule has 0 saturated carbocycles. The smallest absolute Gasteiger partial charge is 0.247 e. The van der Waals surface area contributed by atoms with Crippen molar-refractivity contribution in [3.8, 4) is 16.9 Å². The largest absolute Gasteiger partial charge is 0.488 e. The topological polar surface area (TPSA) is 87.3 Å². The molecule has 1 saturated heterocycles. The number of carbonyl (C=O) groups is 2. The molecular weight excluding hydrogens is 512 g/mol. The van der Waals surface area contributed by atoms with Crippen LogP contribution >= 0.6 is 0 Å². The van der Waals surface area contributed by atoms with E-state index in [9.17, 15) is 9.59 Å². The van der Waals surface area contributed by atoms with Gasteiger partial charge in [-0.2, -0.15) is 0 Å². The van der Waals surface area contributed by atoms with Gasteiger partial charge in [-0.1, -0.05) is 78.9 Å². The first-order chi connectivity index (χ1) is 20.2. The van der Waals surface area contributed by atoms with Crippen molar-refractivity contribution in [2.75, 3.05) is 11.9 Å². The number of ether oxygens (including phenoxy) is 1. The number of aromatic amines is 1. The lowest BCUT2D eigenvalue weighted by Gasteiger charge is -2.24. The number of hydrogen-bond donors (Lipinski definition) is 2. The minimum atomic E-state index is -0.504. The minimum absolute atomic E-state index is 0.0314. The fourth-order valence-electron chi connectivity index (χ4n) is 5.42. The summed E-state index contributed by atoms with van der Waals surface area (Å²) in [6.07, 6.45) is 2.24. The van der Waals surface area contributed by atoms with Crippen LogP contribution in [0.3, 0.4) is 0 Å². The third-order valence-electron chi connectivity index (χ3n) is 7.49. The van der Waals surface area contributed by atoms with Gasteiger partial charge in [0, 0.05) is 36.2 Å². The maximum Gasteiger partial charge on any atom is 0.247 e. The summed E-state index contributed by atoms with van der Waals surface area (Å²) in [5.74, 6) is 1.31. The van der Waals surface area contributed by atoms with Crippen molar-refractivity contribution in [1.82, 2.24) is 14.9 Å². The number of nitrogens with one attached hydrogen (secondary N) is 2. The molecule has 2 N–H and O–H groups in total. The molecule has 1 fully saturated rings. The number of aromatic nitrogens is 2. The van der Waals surface area contributed by atoms with Gasteiger partial charge in [0.25, 0.3) is 0 Å². The summed E-state index contributed by atoms with van der Waals surface area (Å²) >= 11 is 0. The first-order valence-electron chi connectivity index (χ1n) is 14.0. The normalized spacial score (nSPS) is 14.7. The van der Waals surface area contributed by atoms with E-state index in [0.717, 1.165) is 45.7 Å². The Balaban J connectivity index is 1.14. The lowest BCUT2D eigenvalue weighted by molar-refractivity contribution is -0.136. The van der Waals surface area contributed by atoms with E-state index in [0.29, 0.717) is 38.1 Å². The van der Waals surface area contributed by atoms with E-state index >= 15 is 0 Å². The third-order valence-corrected chi connectivity index (χ3v) is 7.49. The Morgan fingerprint density at radius 2 is 1.61 bits per heavy atom. The van der Waals surface area contributed by atoms with Crippen molar-refractivity contribution in [1.29, 1.82) is 0 Å². The quantitative estimate of drug-likeness (QED) is 0.226. The summed E-state index contributed by atoms with van der Waals surface area (Å²) in [6, 6.07) is 32.9. The molecule has 0 aliphatic carbocycles. The number of carbonyl (C=O) groups excluding carboxylic acids is 2. The predicted molar refractivity (Wildman–Crippen MR) is 160 cm³/mol. The van der Waals surface area contributed by atoms with Crippen molar-refractivity contribution in [2.45, 2.75) is 38.3 Å². The number of rotatable bonds is 9. The number of anilines is 1. The zero-order chi connectivity index (χ0) is 28.0. The molecule has 1 aliphatic heterocycles. The zero-order valence-corrected chi connectivity index (χ0v) is 22.8. The SMILES string of the molecule is O=C(Nc1ccccc1-c1ccccc1OCc1ccccc1)[C@@H]1CCCN1C(=O)CCc1nc2ccccc2[nH]1. The van der Waals surface area contributed by atoms with Gasteiger partial charge in [0.2, 0.25) is 11.8 Å². The average Bonchev–Trinajstić information content (AvgIpc) is 3.68. The van der Waals surface area contributed by atoms with Crippen LogP contribution in [0.2, 0.25) is 0 Å². The number of fused-ring (bicyclic) bond motifs is 1. The van der Waals surface area contributed by atoms with Crippen molar-refractivity contribution < 1.29 is 14.3 Å². The van der Waals surface area contributed by atoms with Crippen LogP contribution in [0.25, 0.3) is 22.2 Å². The Morgan fingerprint density at radius 1 is 0.878 bits per heavy atom.